The van der Waals surface area contributed by atoms with Gasteiger partial charge in [0.15, 0.2) is 0 Å². The molecule has 0 radical (unpaired) electrons. The van der Waals surface area contributed by atoms with Crippen LogP contribution in [0.2, 0.25) is 0 Å². The smallest absolute Gasteiger partial charge is 0.120 e. The third-order valence-electron chi connectivity index (χ3n) is 3.44. The molecule has 1 aliphatic rings. The molecule has 0 heterocycles. The molecule has 3 rings (SSSR count). The average Bonchev–Trinajstić information content (AvgIpc) is 3.27. The highest BCUT2D eigenvalue weighted by Gasteiger charge is 2.23. The summed E-state index contributed by atoms with van der Waals surface area (Å²) in [5.74, 6) is 1.06. The van der Waals surface area contributed by atoms with Crippen molar-refractivity contribution in [2.45, 2.75) is 25.3 Å². The summed E-state index contributed by atoms with van der Waals surface area (Å²) in [7, 11) is 0. The van der Waals surface area contributed by atoms with Gasteiger partial charge in [0, 0.05) is 17.8 Å². The number of hydrogen-bond acceptors (Lipinski definition) is 3. The molecule has 0 saturated heterocycles. The zero-order chi connectivity index (χ0) is 13.1. The fourth-order valence-electron chi connectivity index (χ4n) is 2.18. The molecule has 0 spiro atoms. The maximum Gasteiger partial charge on any atom is 0.120 e. The summed E-state index contributed by atoms with van der Waals surface area (Å²) in [5.41, 5.74) is 9.55. The summed E-state index contributed by atoms with van der Waals surface area (Å²) < 4.78 is 0. The van der Waals surface area contributed by atoms with Gasteiger partial charge in [-0.3, -0.25) is 0 Å². The molecule has 0 aliphatic heterocycles. The zero-order valence-electron chi connectivity index (χ0n) is 10.8. The van der Waals surface area contributed by atoms with E-state index >= 15 is 0 Å². The Bertz CT molecular complexity index is 550. The maximum atomic E-state index is 9.87. The number of benzene rings is 2. The monoisotopic (exact) mass is 254 g/mol. The number of anilines is 1. The van der Waals surface area contributed by atoms with Crippen LogP contribution in [0.5, 0.6) is 5.75 Å². The predicted octanol–water partition coefficient (Wildman–Crippen LogP) is 3.39. The maximum absolute atomic E-state index is 9.87. The van der Waals surface area contributed by atoms with Gasteiger partial charge in [-0.15, -0.1) is 0 Å². The molecule has 3 N–H and O–H groups in total. The van der Waals surface area contributed by atoms with E-state index in [1.807, 2.05) is 36.4 Å². The van der Waals surface area contributed by atoms with Crippen molar-refractivity contribution >= 4 is 5.69 Å². The summed E-state index contributed by atoms with van der Waals surface area (Å²) in [6, 6.07) is 15.9. The Morgan fingerprint density at radius 3 is 2.58 bits per heavy atom. The lowest BCUT2D eigenvalue weighted by molar-refractivity contribution is 0.465. The van der Waals surface area contributed by atoms with Crippen LogP contribution in [0.4, 0.5) is 5.69 Å². The molecule has 98 valence electrons. The van der Waals surface area contributed by atoms with Crippen LogP contribution in [0, 0.1) is 0 Å². The van der Waals surface area contributed by atoms with Crippen LogP contribution >= 0.6 is 0 Å². The van der Waals surface area contributed by atoms with Crippen LogP contribution in [0.3, 0.4) is 0 Å². The van der Waals surface area contributed by atoms with E-state index in [9.17, 15) is 5.11 Å². The topological polar surface area (TPSA) is 44.3 Å². The second kappa shape index (κ2) is 5.33. The van der Waals surface area contributed by atoms with Crippen LogP contribution < -0.4 is 10.9 Å². The minimum atomic E-state index is 0.353. The third kappa shape index (κ3) is 3.06. The first-order valence-electron chi connectivity index (χ1n) is 6.68. The molecule has 0 amide bonds. The zero-order valence-corrected chi connectivity index (χ0v) is 10.8. The molecule has 1 fully saturated rings. The summed E-state index contributed by atoms with van der Waals surface area (Å²) in [5, 5.41) is 9.87. The molecule has 3 nitrogen and oxygen atoms in total. The summed E-state index contributed by atoms with van der Waals surface area (Å²) >= 11 is 0. The molecule has 1 saturated carbocycles. The van der Waals surface area contributed by atoms with Gasteiger partial charge < -0.3 is 10.5 Å². The second-order valence-corrected chi connectivity index (χ2v) is 5.01. The Kier molecular flexibility index (Phi) is 3.38. The number of aromatic hydroxyl groups is 1. The van der Waals surface area contributed by atoms with E-state index in [2.05, 4.69) is 16.9 Å². The van der Waals surface area contributed by atoms with E-state index < -0.39 is 0 Å². The van der Waals surface area contributed by atoms with Gasteiger partial charge in [-0.1, -0.05) is 30.3 Å². The normalized spacial score (nSPS) is 14.3. The molecule has 0 atom stereocenters. The fraction of sp³-hybridized carbons (Fsp3) is 0.250. The van der Waals surface area contributed by atoms with Crippen molar-refractivity contribution in [2.24, 2.45) is 0 Å². The van der Waals surface area contributed by atoms with E-state index in [4.69, 9.17) is 0 Å². The summed E-state index contributed by atoms with van der Waals surface area (Å²) in [4.78, 5) is 0. The van der Waals surface area contributed by atoms with Crippen molar-refractivity contribution in [1.29, 1.82) is 0 Å². The number of hydrazine groups is 1. The van der Waals surface area contributed by atoms with Crippen molar-refractivity contribution < 1.29 is 5.11 Å². The molecule has 3 heteroatoms. The number of rotatable bonds is 5. The SMILES string of the molecule is Oc1ccc(C2CC2)cc1CNNc1ccccc1. The lowest BCUT2D eigenvalue weighted by Gasteiger charge is -2.11. The molecule has 2 aromatic rings. The first-order chi connectivity index (χ1) is 9.33. The Hall–Kier alpha value is -2.00. The van der Waals surface area contributed by atoms with Crippen LogP contribution in [-0.2, 0) is 6.54 Å². The van der Waals surface area contributed by atoms with Crippen LogP contribution in [0.1, 0.15) is 29.9 Å². The largest absolute Gasteiger partial charge is 0.508 e. The van der Waals surface area contributed by atoms with Crippen molar-refractivity contribution in [3.05, 3.63) is 59.7 Å². The molecule has 0 aromatic heterocycles. The quantitative estimate of drug-likeness (QED) is 0.717. The van der Waals surface area contributed by atoms with Crippen LogP contribution in [0.25, 0.3) is 0 Å². The van der Waals surface area contributed by atoms with E-state index in [-0.39, 0.29) is 0 Å². The van der Waals surface area contributed by atoms with Gasteiger partial charge in [-0.2, -0.15) is 0 Å². The number of phenolic OH excluding ortho intramolecular Hbond substituents is 1. The lowest BCUT2D eigenvalue weighted by Crippen LogP contribution is -2.20. The van der Waals surface area contributed by atoms with E-state index in [1.165, 1.54) is 18.4 Å². The minimum Gasteiger partial charge on any atom is -0.508 e. The Balaban J connectivity index is 1.61. The van der Waals surface area contributed by atoms with E-state index in [0.29, 0.717) is 18.2 Å². The number of nitrogens with one attached hydrogen (secondary N) is 2. The van der Waals surface area contributed by atoms with Gasteiger partial charge in [0.25, 0.3) is 0 Å². The fourth-order valence-corrected chi connectivity index (χ4v) is 2.18. The summed E-state index contributed by atoms with van der Waals surface area (Å²) in [6.45, 7) is 0.598. The summed E-state index contributed by atoms with van der Waals surface area (Å²) in [6.07, 6.45) is 2.56. The van der Waals surface area contributed by atoms with Gasteiger partial charge in [0.2, 0.25) is 0 Å². The molecule has 0 bridgehead atoms. The molecule has 1 aliphatic carbocycles. The molecule has 2 aromatic carbocycles. The van der Waals surface area contributed by atoms with Gasteiger partial charge in [0.1, 0.15) is 5.75 Å². The van der Waals surface area contributed by atoms with Crippen molar-refractivity contribution in [2.75, 3.05) is 5.43 Å². The van der Waals surface area contributed by atoms with Gasteiger partial charge in [0.05, 0.1) is 0 Å². The van der Waals surface area contributed by atoms with Crippen LogP contribution in [-0.4, -0.2) is 5.11 Å². The van der Waals surface area contributed by atoms with Crippen molar-refractivity contribution in [3.63, 3.8) is 0 Å². The van der Waals surface area contributed by atoms with Crippen LogP contribution in [0.15, 0.2) is 48.5 Å². The predicted molar refractivity (Wildman–Crippen MR) is 77.0 cm³/mol. The van der Waals surface area contributed by atoms with Gasteiger partial charge in [-0.05, 0) is 42.5 Å². The van der Waals surface area contributed by atoms with Gasteiger partial charge in [-0.25, -0.2) is 5.43 Å². The highest BCUT2D eigenvalue weighted by Crippen LogP contribution is 2.41. The van der Waals surface area contributed by atoms with E-state index in [0.717, 1.165) is 11.3 Å². The molecular formula is C16H18N2O. The molecule has 19 heavy (non-hydrogen) atoms. The van der Waals surface area contributed by atoms with Crippen molar-refractivity contribution in [3.8, 4) is 5.75 Å². The third-order valence-corrected chi connectivity index (χ3v) is 3.44. The Labute approximate surface area is 113 Å². The Morgan fingerprint density at radius 2 is 1.84 bits per heavy atom. The average molecular weight is 254 g/mol. The second-order valence-electron chi connectivity index (χ2n) is 5.01. The minimum absolute atomic E-state index is 0.353. The Morgan fingerprint density at radius 1 is 1.05 bits per heavy atom. The lowest BCUT2D eigenvalue weighted by atomic mass is 10.1. The number of para-hydroxylation sites is 1. The first-order valence-corrected chi connectivity index (χ1v) is 6.68. The standard InChI is InChI=1S/C16H18N2O/c19-16-9-8-13(12-6-7-12)10-14(16)11-17-18-15-4-2-1-3-5-15/h1-5,8-10,12,17-19H,6-7,11H2. The number of phenols is 1. The van der Waals surface area contributed by atoms with Crippen molar-refractivity contribution in [1.82, 2.24) is 5.43 Å². The number of hydrogen-bond donors (Lipinski definition) is 3. The highest BCUT2D eigenvalue weighted by atomic mass is 16.3. The highest BCUT2D eigenvalue weighted by molar-refractivity contribution is 5.42. The first kappa shape index (κ1) is 12.1. The van der Waals surface area contributed by atoms with E-state index in [1.54, 1.807) is 6.07 Å². The molecular weight excluding hydrogens is 236 g/mol. The van der Waals surface area contributed by atoms with Gasteiger partial charge >= 0.3 is 0 Å². The molecule has 0 unspecified atom stereocenters.